The number of nitrogens with one attached hydrogen (secondary N) is 1. The van der Waals surface area contributed by atoms with Crippen LogP contribution < -0.4 is 5.32 Å². The van der Waals surface area contributed by atoms with Gasteiger partial charge >= 0.3 is 0 Å². The Morgan fingerprint density at radius 3 is 2.60 bits per heavy atom. The van der Waals surface area contributed by atoms with Gasteiger partial charge in [-0.3, -0.25) is 4.90 Å². The first-order chi connectivity index (χ1) is 9.56. The molecule has 0 aromatic heterocycles. The maximum Gasteiger partial charge on any atom is 0.0827 e. The summed E-state index contributed by atoms with van der Waals surface area (Å²) in [5.41, 5.74) is 2.65. The van der Waals surface area contributed by atoms with Crippen molar-refractivity contribution in [3.63, 3.8) is 0 Å². The first-order valence-corrected chi connectivity index (χ1v) is 7.72. The molecule has 0 radical (unpaired) electrons. The maximum atomic E-state index is 5.86. The molecule has 1 aromatic carbocycles. The molecule has 1 saturated heterocycles. The molecule has 1 N–H and O–H groups in total. The molecule has 0 spiro atoms. The summed E-state index contributed by atoms with van der Waals surface area (Å²) in [6, 6.07) is 9.73. The van der Waals surface area contributed by atoms with Crippen LogP contribution in [0.4, 0.5) is 0 Å². The number of aryl methyl sites for hydroxylation is 1. The molecule has 2 atom stereocenters. The Labute approximate surface area is 123 Å². The molecule has 0 saturated carbocycles. The summed E-state index contributed by atoms with van der Waals surface area (Å²) in [7, 11) is 0. The van der Waals surface area contributed by atoms with Crippen LogP contribution in [-0.4, -0.2) is 43.3 Å². The van der Waals surface area contributed by atoms with Gasteiger partial charge in [0.1, 0.15) is 0 Å². The van der Waals surface area contributed by atoms with E-state index in [-0.39, 0.29) is 0 Å². The zero-order chi connectivity index (χ0) is 14.5. The molecule has 1 aliphatic heterocycles. The number of nitrogens with zero attached hydrogens (tertiary/aromatic N) is 1. The largest absolute Gasteiger partial charge is 0.374 e. The highest BCUT2D eigenvalue weighted by Gasteiger charge is 2.22. The van der Waals surface area contributed by atoms with Gasteiger partial charge in [0.25, 0.3) is 0 Å². The lowest BCUT2D eigenvalue weighted by Crippen LogP contribution is -2.49. The number of hydrogen-bond acceptors (Lipinski definition) is 3. The minimum absolute atomic E-state index is 0.305. The third kappa shape index (κ3) is 4.30. The molecule has 0 bridgehead atoms. The van der Waals surface area contributed by atoms with Crippen molar-refractivity contribution in [2.75, 3.05) is 26.2 Å². The average Bonchev–Trinajstić information content (AvgIpc) is 2.46. The number of benzene rings is 1. The molecule has 1 aliphatic rings. The summed E-state index contributed by atoms with van der Waals surface area (Å²) >= 11 is 0. The van der Waals surface area contributed by atoms with E-state index in [1.807, 2.05) is 0 Å². The molecule has 1 unspecified atom stereocenters. The van der Waals surface area contributed by atoms with Crippen LogP contribution in [0, 0.1) is 6.92 Å². The number of ether oxygens (including phenoxy) is 1. The van der Waals surface area contributed by atoms with Gasteiger partial charge in [-0.05, 0) is 33.3 Å². The monoisotopic (exact) mass is 276 g/mol. The summed E-state index contributed by atoms with van der Waals surface area (Å²) in [5.74, 6) is 0. The third-order valence-electron chi connectivity index (χ3n) is 4.13. The Kier molecular flexibility index (Phi) is 5.58. The molecule has 2 rings (SSSR count). The van der Waals surface area contributed by atoms with E-state index >= 15 is 0 Å². The molecule has 1 heterocycles. The van der Waals surface area contributed by atoms with Crippen molar-refractivity contribution in [2.24, 2.45) is 0 Å². The van der Waals surface area contributed by atoms with E-state index in [1.165, 1.54) is 11.1 Å². The second-order valence-electron chi connectivity index (χ2n) is 6.12. The predicted molar refractivity (Wildman–Crippen MR) is 84.0 cm³/mol. The molecule has 20 heavy (non-hydrogen) atoms. The van der Waals surface area contributed by atoms with Crippen molar-refractivity contribution in [2.45, 2.75) is 45.9 Å². The summed E-state index contributed by atoms with van der Waals surface area (Å²) in [6.45, 7) is 12.7. The zero-order valence-corrected chi connectivity index (χ0v) is 13.2. The van der Waals surface area contributed by atoms with Gasteiger partial charge in [-0.2, -0.15) is 0 Å². The molecule has 0 aliphatic carbocycles. The van der Waals surface area contributed by atoms with E-state index < -0.39 is 0 Å². The minimum atomic E-state index is 0.305. The van der Waals surface area contributed by atoms with Crippen molar-refractivity contribution in [1.29, 1.82) is 0 Å². The van der Waals surface area contributed by atoms with E-state index in [4.69, 9.17) is 4.74 Å². The lowest BCUT2D eigenvalue weighted by atomic mass is 10.1. The standard InChI is InChI=1S/C17H28N2O/c1-13(2)19-9-10-20-17(12-19)11-18-15(4)16-7-5-14(3)6-8-16/h5-8,13,15,17-18H,9-12H2,1-4H3/t15-,17?/m1/s1. The van der Waals surface area contributed by atoms with Crippen LogP contribution in [0.25, 0.3) is 0 Å². The van der Waals surface area contributed by atoms with Gasteiger partial charge in [0.2, 0.25) is 0 Å². The molecule has 3 heteroatoms. The number of morpholine rings is 1. The zero-order valence-electron chi connectivity index (χ0n) is 13.2. The van der Waals surface area contributed by atoms with Gasteiger partial charge in [0, 0.05) is 31.7 Å². The van der Waals surface area contributed by atoms with Crippen LogP contribution in [0.3, 0.4) is 0 Å². The van der Waals surface area contributed by atoms with Gasteiger partial charge in [-0.1, -0.05) is 29.8 Å². The Hall–Kier alpha value is -0.900. The Morgan fingerprint density at radius 1 is 1.25 bits per heavy atom. The molecule has 0 amide bonds. The van der Waals surface area contributed by atoms with E-state index in [0.29, 0.717) is 18.2 Å². The fraction of sp³-hybridized carbons (Fsp3) is 0.647. The molecule has 112 valence electrons. The van der Waals surface area contributed by atoms with Crippen molar-refractivity contribution in [3.05, 3.63) is 35.4 Å². The fourth-order valence-corrected chi connectivity index (χ4v) is 2.62. The van der Waals surface area contributed by atoms with Gasteiger partial charge in [0.05, 0.1) is 12.7 Å². The minimum Gasteiger partial charge on any atom is -0.374 e. The second-order valence-corrected chi connectivity index (χ2v) is 6.12. The van der Waals surface area contributed by atoms with E-state index in [0.717, 1.165) is 26.2 Å². The summed E-state index contributed by atoms with van der Waals surface area (Å²) in [5, 5.41) is 3.60. The molecular formula is C17H28N2O. The average molecular weight is 276 g/mol. The smallest absolute Gasteiger partial charge is 0.0827 e. The van der Waals surface area contributed by atoms with E-state index in [1.54, 1.807) is 0 Å². The number of hydrogen-bond donors (Lipinski definition) is 1. The Balaban J connectivity index is 1.81. The quantitative estimate of drug-likeness (QED) is 0.895. The highest BCUT2D eigenvalue weighted by atomic mass is 16.5. The van der Waals surface area contributed by atoms with Gasteiger partial charge in [-0.15, -0.1) is 0 Å². The predicted octanol–water partition coefficient (Wildman–Crippen LogP) is 2.75. The summed E-state index contributed by atoms with van der Waals surface area (Å²) < 4.78 is 5.86. The summed E-state index contributed by atoms with van der Waals surface area (Å²) in [4.78, 5) is 2.49. The van der Waals surface area contributed by atoms with E-state index in [9.17, 15) is 0 Å². The SMILES string of the molecule is Cc1ccc([C@@H](C)NCC2CN(C(C)C)CCO2)cc1. The van der Waals surface area contributed by atoms with Crippen LogP contribution in [0.15, 0.2) is 24.3 Å². The van der Waals surface area contributed by atoms with Gasteiger partial charge in [0.15, 0.2) is 0 Å². The highest BCUT2D eigenvalue weighted by molar-refractivity contribution is 5.23. The fourth-order valence-electron chi connectivity index (χ4n) is 2.62. The Bertz CT molecular complexity index is 402. The molecule has 1 aromatic rings. The van der Waals surface area contributed by atoms with Crippen LogP contribution >= 0.6 is 0 Å². The molecule has 3 nitrogen and oxygen atoms in total. The lowest BCUT2D eigenvalue weighted by Gasteiger charge is -2.36. The van der Waals surface area contributed by atoms with Crippen molar-refractivity contribution in [1.82, 2.24) is 10.2 Å². The maximum absolute atomic E-state index is 5.86. The van der Waals surface area contributed by atoms with E-state index in [2.05, 4.69) is 62.2 Å². The van der Waals surface area contributed by atoms with Crippen LogP contribution in [0.1, 0.15) is 37.9 Å². The van der Waals surface area contributed by atoms with Crippen molar-refractivity contribution >= 4 is 0 Å². The first-order valence-electron chi connectivity index (χ1n) is 7.72. The number of rotatable bonds is 5. The lowest BCUT2D eigenvalue weighted by molar-refractivity contribution is -0.0379. The molecule has 1 fully saturated rings. The summed E-state index contributed by atoms with van der Waals surface area (Å²) in [6.07, 6.45) is 0.305. The first kappa shape index (κ1) is 15.5. The van der Waals surface area contributed by atoms with Crippen LogP contribution in [-0.2, 0) is 4.74 Å². The van der Waals surface area contributed by atoms with Crippen molar-refractivity contribution < 1.29 is 4.74 Å². The molecular weight excluding hydrogens is 248 g/mol. The normalized spacial score (nSPS) is 22.1. The van der Waals surface area contributed by atoms with Crippen LogP contribution in [0.2, 0.25) is 0 Å². The topological polar surface area (TPSA) is 24.5 Å². The third-order valence-corrected chi connectivity index (χ3v) is 4.13. The highest BCUT2D eigenvalue weighted by Crippen LogP contribution is 2.14. The second kappa shape index (κ2) is 7.21. The Morgan fingerprint density at radius 2 is 1.95 bits per heavy atom. The van der Waals surface area contributed by atoms with Gasteiger partial charge in [-0.25, -0.2) is 0 Å². The van der Waals surface area contributed by atoms with Gasteiger partial charge < -0.3 is 10.1 Å². The van der Waals surface area contributed by atoms with Crippen LogP contribution in [0.5, 0.6) is 0 Å². The van der Waals surface area contributed by atoms with Crippen molar-refractivity contribution in [3.8, 4) is 0 Å².